The first-order valence-electron chi connectivity index (χ1n) is 8.52. The van der Waals surface area contributed by atoms with E-state index in [9.17, 15) is 26.4 Å². The number of pyridine rings is 1. The molecule has 1 heterocycles. The molecule has 158 valence electrons. The van der Waals surface area contributed by atoms with Gasteiger partial charge in [-0.1, -0.05) is 6.07 Å². The van der Waals surface area contributed by atoms with E-state index in [4.69, 9.17) is 9.29 Å². The van der Waals surface area contributed by atoms with Crippen molar-refractivity contribution in [2.24, 2.45) is 0 Å². The molecular formula is C19H15F3N2O5S. The van der Waals surface area contributed by atoms with Gasteiger partial charge in [-0.25, -0.2) is 4.79 Å². The summed E-state index contributed by atoms with van der Waals surface area (Å²) in [4.78, 5) is 15.9. The summed E-state index contributed by atoms with van der Waals surface area (Å²) in [6, 6.07) is 7.83. The van der Waals surface area contributed by atoms with E-state index < -0.39 is 27.8 Å². The van der Waals surface area contributed by atoms with Gasteiger partial charge in [-0.3, -0.25) is 9.54 Å². The van der Waals surface area contributed by atoms with E-state index in [1.807, 2.05) is 0 Å². The Kier molecular flexibility index (Phi) is 5.68. The van der Waals surface area contributed by atoms with Crippen LogP contribution in [0.4, 0.5) is 24.5 Å². The molecule has 0 aliphatic heterocycles. The lowest BCUT2D eigenvalue weighted by Crippen LogP contribution is -2.10. The number of carbonyl (C=O) groups is 1. The summed E-state index contributed by atoms with van der Waals surface area (Å²) >= 11 is 0. The molecule has 0 fully saturated rings. The van der Waals surface area contributed by atoms with Crippen LogP contribution in [0.5, 0.6) is 0 Å². The third kappa shape index (κ3) is 4.52. The van der Waals surface area contributed by atoms with Gasteiger partial charge in [0.05, 0.1) is 28.3 Å². The highest BCUT2D eigenvalue weighted by Gasteiger charge is 2.31. The Labute approximate surface area is 169 Å². The Balaban J connectivity index is 2.13. The first-order chi connectivity index (χ1) is 14.0. The summed E-state index contributed by atoms with van der Waals surface area (Å²) in [6.07, 6.45) is -3.45. The number of alkyl halides is 3. The van der Waals surface area contributed by atoms with Gasteiger partial charge in [0, 0.05) is 17.3 Å². The monoisotopic (exact) mass is 440 g/mol. The molecule has 7 nitrogen and oxygen atoms in total. The second-order valence-electron chi connectivity index (χ2n) is 6.12. The van der Waals surface area contributed by atoms with Gasteiger partial charge in [-0.2, -0.15) is 21.6 Å². The highest BCUT2D eigenvalue weighted by atomic mass is 32.2. The molecule has 2 aromatic carbocycles. The van der Waals surface area contributed by atoms with Crippen LogP contribution in [0, 0.1) is 0 Å². The van der Waals surface area contributed by atoms with Crippen LogP contribution in [0.2, 0.25) is 0 Å². The molecule has 0 amide bonds. The number of fused-ring (bicyclic) bond motifs is 1. The van der Waals surface area contributed by atoms with Crippen LogP contribution in [0.25, 0.3) is 10.9 Å². The number of ether oxygens (including phenoxy) is 1. The molecule has 3 aromatic rings. The molecule has 0 bridgehead atoms. The van der Waals surface area contributed by atoms with E-state index in [-0.39, 0.29) is 33.7 Å². The SMILES string of the molecule is CCOC(=O)c1cnc2cc(C(F)(F)F)ccc2c1Nc1ccc(S(=O)(=O)O)cc1. The number of aromatic nitrogens is 1. The largest absolute Gasteiger partial charge is 0.462 e. The van der Waals surface area contributed by atoms with E-state index in [2.05, 4.69) is 10.3 Å². The molecule has 0 atom stereocenters. The number of hydrogen-bond acceptors (Lipinski definition) is 6. The molecule has 30 heavy (non-hydrogen) atoms. The van der Waals surface area contributed by atoms with E-state index in [1.54, 1.807) is 6.92 Å². The van der Waals surface area contributed by atoms with Crippen molar-refractivity contribution in [3.63, 3.8) is 0 Å². The third-order valence-corrected chi connectivity index (χ3v) is 4.98. The number of anilines is 2. The van der Waals surface area contributed by atoms with Crippen LogP contribution in [-0.4, -0.2) is 30.5 Å². The van der Waals surface area contributed by atoms with Crippen molar-refractivity contribution in [2.75, 3.05) is 11.9 Å². The zero-order valence-electron chi connectivity index (χ0n) is 15.4. The van der Waals surface area contributed by atoms with Gasteiger partial charge in [0.25, 0.3) is 10.1 Å². The van der Waals surface area contributed by atoms with Gasteiger partial charge >= 0.3 is 12.1 Å². The van der Waals surface area contributed by atoms with Crippen molar-refractivity contribution in [1.29, 1.82) is 0 Å². The summed E-state index contributed by atoms with van der Waals surface area (Å²) in [5.74, 6) is -0.733. The third-order valence-electron chi connectivity index (χ3n) is 4.11. The van der Waals surface area contributed by atoms with Crippen molar-refractivity contribution in [1.82, 2.24) is 4.98 Å². The number of benzene rings is 2. The van der Waals surface area contributed by atoms with Crippen molar-refractivity contribution in [2.45, 2.75) is 18.0 Å². The molecule has 0 radical (unpaired) electrons. The summed E-state index contributed by atoms with van der Waals surface area (Å²) in [5.41, 5.74) is -0.445. The van der Waals surface area contributed by atoms with Gasteiger partial charge in [0.15, 0.2) is 0 Å². The molecule has 0 aliphatic carbocycles. The fraction of sp³-hybridized carbons (Fsp3) is 0.158. The van der Waals surface area contributed by atoms with Crippen LogP contribution in [0.15, 0.2) is 53.6 Å². The summed E-state index contributed by atoms with van der Waals surface area (Å²) < 4.78 is 75.5. The van der Waals surface area contributed by atoms with Crippen LogP contribution >= 0.6 is 0 Å². The minimum Gasteiger partial charge on any atom is -0.462 e. The highest BCUT2D eigenvalue weighted by Crippen LogP contribution is 2.35. The Morgan fingerprint density at radius 3 is 2.40 bits per heavy atom. The molecule has 0 spiro atoms. The first-order valence-corrected chi connectivity index (χ1v) is 9.96. The smallest absolute Gasteiger partial charge is 0.416 e. The average molecular weight is 440 g/mol. The molecule has 3 rings (SSSR count). The maximum atomic E-state index is 13.0. The lowest BCUT2D eigenvalue weighted by atomic mass is 10.1. The van der Waals surface area contributed by atoms with Crippen LogP contribution < -0.4 is 5.32 Å². The fourth-order valence-corrected chi connectivity index (χ4v) is 3.20. The maximum absolute atomic E-state index is 13.0. The molecule has 0 saturated heterocycles. The molecule has 2 N–H and O–H groups in total. The van der Waals surface area contributed by atoms with E-state index in [0.29, 0.717) is 5.69 Å². The van der Waals surface area contributed by atoms with Gasteiger partial charge in [0.1, 0.15) is 5.56 Å². The average Bonchev–Trinajstić information content (AvgIpc) is 2.67. The van der Waals surface area contributed by atoms with Crippen molar-refractivity contribution >= 4 is 38.4 Å². The quantitative estimate of drug-likeness (QED) is 0.447. The normalized spacial score (nSPS) is 12.0. The van der Waals surface area contributed by atoms with Gasteiger partial charge < -0.3 is 10.1 Å². The number of hydrogen-bond donors (Lipinski definition) is 2. The molecule has 11 heteroatoms. The number of halogens is 3. The fourth-order valence-electron chi connectivity index (χ4n) is 2.72. The van der Waals surface area contributed by atoms with Crippen molar-refractivity contribution in [3.8, 4) is 0 Å². The lowest BCUT2D eigenvalue weighted by Gasteiger charge is -2.15. The van der Waals surface area contributed by atoms with Gasteiger partial charge in [0.2, 0.25) is 0 Å². The molecular weight excluding hydrogens is 425 g/mol. The highest BCUT2D eigenvalue weighted by molar-refractivity contribution is 7.85. The molecule has 0 unspecified atom stereocenters. The lowest BCUT2D eigenvalue weighted by molar-refractivity contribution is -0.137. The van der Waals surface area contributed by atoms with Gasteiger partial charge in [-0.05, 0) is 43.3 Å². The molecule has 0 aliphatic rings. The Hall–Kier alpha value is -3.18. The zero-order valence-corrected chi connectivity index (χ0v) is 16.2. The maximum Gasteiger partial charge on any atom is 0.416 e. The van der Waals surface area contributed by atoms with Crippen LogP contribution in [0.1, 0.15) is 22.8 Å². The van der Waals surface area contributed by atoms with E-state index in [0.717, 1.165) is 30.5 Å². The predicted molar refractivity (Wildman–Crippen MR) is 102 cm³/mol. The first kappa shape index (κ1) is 21.5. The topological polar surface area (TPSA) is 106 Å². The van der Waals surface area contributed by atoms with Crippen molar-refractivity contribution < 1.29 is 35.7 Å². The Bertz CT molecular complexity index is 1210. The van der Waals surface area contributed by atoms with E-state index in [1.165, 1.54) is 18.2 Å². The second-order valence-corrected chi connectivity index (χ2v) is 7.54. The minimum absolute atomic E-state index is 0.00469. The molecule has 0 saturated carbocycles. The molecule has 1 aromatic heterocycles. The number of nitrogens with zero attached hydrogens (tertiary/aromatic N) is 1. The Morgan fingerprint density at radius 1 is 1.17 bits per heavy atom. The summed E-state index contributed by atoms with van der Waals surface area (Å²) in [7, 11) is -4.39. The van der Waals surface area contributed by atoms with Crippen molar-refractivity contribution in [3.05, 3.63) is 59.8 Å². The number of rotatable bonds is 5. The number of esters is 1. The van der Waals surface area contributed by atoms with Gasteiger partial charge in [-0.15, -0.1) is 0 Å². The van der Waals surface area contributed by atoms with E-state index >= 15 is 0 Å². The summed E-state index contributed by atoms with van der Waals surface area (Å²) in [5, 5.41) is 3.12. The minimum atomic E-state index is -4.56. The predicted octanol–water partition coefficient (Wildman–Crippen LogP) is 4.42. The zero-order chi connectivity index (χ0) is 22.1. The Morgan fingerprint density at radius 2 is 1.83 bits per heavy atom. The van der Waals surface area contributed by atoms with Crippen LogP contribution in [-0.2, 0) is 21.0 Å². The number of nitrogens with one attached hydrogen (secondary N) is 1. The summed E-state index contributed by atoms with van der Waals surface area (Å²) in [6.45, 7) is 1.68. The van der Waals surface area contributed by atoms with Crippen LogP contribution in [0.3, 0.4) is 0 Å². The number of carbonyl (C=O) groups excluding carboxylic acids is 1. The second kappa shape index (κ2) is 7.92. The standard InChI is InChI=1S/C19H15F3N2O5S/c1-2-29-18(25)15-10-23-16-9-11(19(20,21)22)3-8-14(16)17(15)24-12-4-6-13(7-5-12)30(26,27)28/h3-10H,2H2,1H3,(H,23,24)(H,26,27,28).